The average Bonchev–Trinajstić information content (AvgIpc) is 2.64. The SMILES string of the molecule is Cc1cc(C(=O)N2CCCCCC2CCl)co1. The van der Waals surface area contributed by atoms with Gasteiger partial charge in [-0.1, -0.05) is 12.8 Å². The van der Waals surface area contributed by atoms with Crippen LogP contribution in [0.5, 0.6) is 0 Å². The van der Waals surface area contributed by atoms with Crippen LogP contribution in [0.2, 0.25) is 0 Å². The monoisotopic (exact) mass is 255 g/mol. The first-order chi connectivity index (χ1) is 8.22. The Morgan fingerprint density at radius 3 is 3.00 bits per heavy atom. The number of nitrogens with zero attached hydrogens (tertiary/aromatic N) is 1. The van der Waals surface area contributed by atoms with E-state index in [4.69, 9.17) is 16.0 Å². The standard InChI is InChI=1S/C13H18ClNO2/c1-10-7-11(9-17-10)13(16)15-6-4-2-3-5-12(15)8-14/h7,9,12H,2-6,8H2,1H3. The van der Waals surface area contributed by atoms with Gasteiger partial charge in [0.1, 0.15) is 12.0 Å². The summed E-state index contributed by atoms with van der Waals surface area (Å²) in [6.45, 7) is 2.65. The summed E-state index contributed by atoms with van der Waals surface area (Å²) in [5.41, 5.74) is 0.638. The van der Waals surface area contributed by atoms with Crippen LogP contribution in [0.3, 0.4) is 0 Å². The quantitative estimate of drug-likeness (QED) is 0.761. The van der Waals surface area contributed by atoms with Crippen molar-refractivity contribution in [2.75, 3.05) is 12.4 Å². The van der Waals surface area contributed by atoms with E-state index in [1.165, 1.54) is 12.7 Å². The minimum Gasteiger partial charge on any atom is -0.469 e. The maximum atomic E-state index is 12.3. The molecule has 2 rings (SSSR count). The van der Waals surface area contributed by atoms with Gasteiger partial charge in [-0.15, -0.1) is 11.6 Å². The molecular formula is C13H18ClNO2. The van der Waals surface area contributed by atoms with Gasteiger partial charge in [0, 0.05) is 18.5 Å². The maximum absolute atomic E-state index is 12.3. The second-order valence-electron chi connectivity index (χ2n) is 4.60. The molecule has 2 heterocycles. The van der Waals surface area contributed by atoms with Gasteiger partial charge in [0.05, 0.1) is 5.56 Å². The minimum absolute atomic E-state index is 0.0504. The number of alkyl halides is 1. The van der Waals surface area contributed by atoms with Gasteiger partial charge in [-0.3, -0.25) is 4.79 Å². The number of aryl methyl sites for hydroxylation is 1. The second-order valence-corrected chi connectivity index (χ2v) is 4.91. The van der Waals surface area contributed by atoms with Crippen molar-refractivity contribution >= 4 is 17.5 Å². The Bertz CT molecular complexity index is 389. The van der Waals surface area contributed by atoms with Gasteiger partial charge in [-0.05, 0) is 25.8 Å². The molecule has 4 heteroatoms. The van der Waals surface area contributed by atoms with Crippen molar-refractivity contribution in [3.8, 4) is 0 Å². The molecule has 0 aromatic carbocycles. The van der Waals surface area contributed by atoms with Crippen LogP contribution < -0.4 is 0 Å². The van der Waals surface area contributed by atoms with Crippen LogP contribution in [0.4, 0.5) is 0 Å². The lowest BCUT2D eigenvalue weighted by Gasteiger charge is -2.28. The highest BCUT2D eigenvalue weighted by Gasteiger charge is 2.26. The summed E-state index contributed by atoms with van der Waals surface area (Å²) in [4.78, 5) is 14.2. The molecule has 1 aromatic heterocycles. The molecule has 0 N–H and O–H groups in total. The first-order valence-corrected chi connectivity index (χ1v) is 6.68. The molecule has 1 aliphatic heterocycles. The lowest BCUT2D eigenvalue weighted by Crippen LogP contribution is -2.40. The van der Waals surface area contributed by atoms with E-state index in [2.05, 4.69) is 0 Å². The van der Waals surface area contributed by atoms with Gasteiger partial charge in [-0.25, -0.2) is 0 Å². The normalized spacial score (nSPS) is 21.3. The van der Waals surface area contributed by atoms with Crippen LogP contribution >= 0.6 is 11.6 Å². The van der Waals surface area contributed by atoms with E-state index in [1.54, 1.807) is 6.07 Å². The number of hydrogen-bond acceptors (Lipinski definition) is 2. The fourth-order valence-corrected chi connectivity index (χ4v) is 2.65. The van der Waals surface area contributed by atoms with E-state index in [1.807, 2.05) is 11.8 Å². The van der Waals surface area contributed by atoms with Crippen molar-refractivity contribution in [1.82, 2.24) is 4.90 Å². The summed E-state index contributed by atoms with van der Waals surface area (Å²) < 4.78 is 5.20. The number of carbonyl (C=O) groups is 1. The summed E-state index contributed by atoms with van der Waals surface area (Å²) in [6, 6.07) is 1.96. The molecule has 0 aliphatic carbocycles. The van der Waals surface area contributed by atoms with E-state index >= 15 is 0 Å². The summed E-state index contributed by atoms with van der Waals surface area (Å²) in [5, 5.41) is 0. The molecule has 1 aromatic rings. The van der Waals surface area contributed by atoms with E-state index in [0.29, 0.717) is 11.4 Å². The Hall–Kier alpha value is -0.960. The van der Waals surface area contributed by atoms with E-state index in [0.717, 1.165) is 31.6 Å². The zero-order chi connectivity index (χ0) is 12.3. The van der Waals surface area contributed by atoms with Crippen LogP contribution in [-0.4, -0.2) is 29.3 Å². The third-order valence-corrected chi connectivity index (χ3v) is 3.65. The highest BCUT2D eigenvalue weighted by atomic mass is 35.5. The van der Waals surface area contributed by atoms with Crippen LogP contribution in [0.1, 0.15) is 41.8 Å². The van der Waals surface area contributed by atoms with E-state index in [9.17, 15) is 4.79 Å². The Balaban J connectivity index is 2.15. The van der Waals surface area contributed by atoms with Gasteiger partial charge in [0.25, 0.3) is 5.91 Å². The number of amides is 1. The number of halogens is 1. The topological polar surface area (TPSA) is 33.5 Å². The fourth-order valence-electron chi connectivity index (χ4n) is 2.33. The Labute approximate surface area is 107 Å². The van der Waals surface area contributed by atoms with Crippen molar-refractivity contribution in [1.29, 1.82) is 0 Å². The average molecular weight is 256 g/mol. The number of rotatable bonds is 2. The van der Waals surface area contributed by atoms with Crippen LogP contribution in [0, 0.1) is 6.92 Å². The van der Waals surface area contributed by atoms with Gasteiger partial charge >= 0.3 is 0 Å². The largest absolute Gasteiger partial charge is 0.469 e. The van der Waals surface area contributed by atoms with Crippen LogP contribution in [-0.2, 0) is 0 Å². The molecule has 1 aliphatic rings. The Morgan fingerprint density at radius 2 is 2.35 bits per heavy atom. The number of furan rings is 1. The molecule has 1 saturated heterocycles. The third kappa shape index (κ3) is 2.83. The Morgan fingerprint density at radius 1 is 1.53 bits per heavy atom. The lowest BCUT2D eigenvalue weighted by molar-refractivity contribution is 0.0699. The van der Waals surface area contributed by atoms with Crippen molar-refractivity contribution < 1.29 is 9.21 Å². The second kappa shape index (κ2) is 5.58. The summed E-state index contributed by atoms with van der Waals surface area (Å²) in [7, 11) is 0. The first-order valence-electron chi connectivity index (χ1n) is 6.14. The molecule has 94 valence electrons. The zero-order valence-electron chi connectivity index (χ0n) is 10.1. The minimum atomic E-state index is 0.0504. The molecule has 1 atom stereocenters. The molecule has 1 unspecified atom stereocenters. The van der Waals surface area contributed by atoms with Crippen LogP contribution in [0.25, 0.3) is 0 Å². The number of hydrogen-bond donors (Lipinski definition) is 0. The molecule has 0 bridgehead atoms. The van der Waals surface area contributed by atoms with Gasteiger partial charge in [0.2, 0.25) is 0 Å². The van der Waals surface area contributed by atoms with Crippen molar-refractivity contribution in [3.63, 3.8) is 0 Å². The predicted molar refractivity (Wildman–Crippen MR) is 67.5 cm³/mol. The summed E-state index contributed by atoms with van der Waals surface area (Å²) in [5.74, 6) is 1.34. The van der Waals surface area contributed by atoms with Crippen molar-refractivity contribution in [3.05, 3.63) is 23.7 Å². The summed E-state index contributed by atoms with van der Waals surface area (Å²) in [6.07, 6.45) is 5.95. The molecule has 0 saturated carbocycles. The van der Waals surface area contributed by atoms with Crippen molar-refractivity contribution in [2.24, 2.45) is 0 Å². The highest BCUT2D eigenvalue weighted by molar-refractivity contribution is 6.18. The zero-order valence-corrected chi connectivity index (χ0v) is 10.9. The molecule has 1 fully saturated rings. The molecule has 17 heavy (non-hydrogen) atoms. The molecule has 1 amide bonds. The maximum Gasteiger partial charge on any atom is 0.257 e. The number of likely N-dealkylation sites (tertiary alicyclic amines) is 1. The van der Waals surface area contributed by atoms with Gasteiger partial charge < -0.3 is 9.32 Å². The molecule has 3 nitrogen and oxygen atoms in total. The summed E-state index contributed by atoms with van der Waals surface area (Å²) >= 11 is 5.97. The smallest absolute Gasteiger partial charge is 0.257 e. The molecule has 0 spiro atoms. The fraction of sp³-hybridized carbons (Fsp3) is 0.615. The van der Waals surface area contributed by atoms with E-state index in [-0.39, 0.29) is 11.9 Å². The Kier molecular flexibility index (Phi) is 4.11. The van der Waals surface area contributed by atoms with E-state index < -0.39 is 0 Å². The first kappa shape index (κ1) is 12.5. The van der Waals surface area contributed by atoms with Crippen molar-refractivity contribution in [2.45, 2.75) is 38.6 Å². The van der Waals surface area contributed by atoms with Gasteiger partial charge in [0.15, 0.2) is 0 Å². The highest BCUT2D eigenvalue weighted by Crippen LogP contribution is 2.21. The van der Waals surface area contributed by atoms with Gasteiger partial charge in [-0.2, -0.15) is 0 Å². The third-order valence-electron chi connectivity index (χ3n) is 3.29. The lowest BCUT2D eigenvalue weighted by atomic mass is 10.1. The number of carbonyl (C=O) groups excluding carboxylic acids is 1. The molecule has 0 radical (unpaired) electrons. The van der Waals surface area contributed by atoms with Crippen LogP contribution in [0.15, 0.2) is 16.7 Å². The molecular weight excluding hydrogens is 238 g/mol. The predicted octanol–water partition coefficient (Wildman–Crippen LogP) is 3.21.